The Kier molecular flexibility index (Phi) is 6.79. The predicted molar refractivity (Wildman–Crippen MR) is 109 cm³/mol. The van der Waals surface area contributed by atoms with Crippen molar-refractivity contribution >= 4 is 17.5 Å². The number of carbonyl (C=O) groups excluding carboxylic acids is 2. The van der Waals surface area contributed by atoms with Crippen molar-refractivity contribution in [1.82, 2.24) is 10.6 Å². The number of hydrogen-bond donors (Lipinski definition) is 4. The lowest BCUT2D eigenvalue weighted by Gasteiger charge is -2.26. The van der Waals surface area contributed by atoms with E-state index in [1.807, 2.05) is 18.2 Å². The zero-order chi connectivity index (χ0) is 21.7. The first-order chi connectivity index (χ1) is 14.3. The summed E-state index contributed by atoms with van der Waals surface area (Å²) in [5, 5.41) is 19.2. The van der Waals surface area contributed by atoms with Crippen molar-refractivity contribution in [3.63, 3.8) is 0 Å². The second-order valence-electron chi connectivity index (χ2n) is 7.64. The lowest BCUT2D eigenvalue weighted by molar-refractivity contribution is -0.121. The molecule has 1 aliphatic rings. The van der Waals surface area contributed by atoms with Gasteiger partial charge in [-0.25, -0.2) is 8.78 Å². The first-order valence-electron chi connectivity index (χ1n) is 9.79. The number of benzene rings is 2. The summed E-state index contributed by atoms with van der Waals surface area (Å²) in [6.07, 6.45) is 0.221. The van der Waals surface area contributed by atoms with Crippen molar-refractivity contribution in [3.8, 4) is 0 Å². The molecule has 4 N–H and O–H groups in total. The molecule has 1 saturated carbocycles. The summed E-state index contributed by atoms with van der Waals surface area (Å²) >= 11 is 0. The van der Waals surface area contributed by atoms with Gasteiger partial charge in [-0.3, -0.25) is 9.59 Å². The number of aliphatic hydroxyl groups is 1. The molecule has 160 valence electrons. The number of nitrogens with one attached hydrogen (secondary N) is 3. The number of anilines is 1. The van der Waals surface area contributed by atoms with Crippen LogP contribution in [0.25, 0.3) is 0 Å². The van der Waals surface area contributed by atoms with Crippen LogP contribution in [-0.2, 0) is 16.0 Å². The average molecular weight is 417 g/mol. The number of hydrogen-bond acceptors (Lipinski definition) is 4. The van der Waals surface area contributed by atoms with Crippen LogP contribution in [0.5, 0.6) is 0 Å². The zero-order valence-corrected chi connectivity index (χ0v) is 16.6. The van der Waals surface area contributed by atoms with E-state index >= 15 is 0 Å². The fourth-order valence-corrected chi connectivity index (χ4v) is 3.35. The van der Waals surface area contributed by atoms with Gasteiger partial charge < -0.3 is 21.1 Å². The van der Waals surface area contributed by atoms with Gasteiger partial charge in [0, 0.05) is 25.2 Å². The highest BCUT2D eigenvalue weighted by atomic mass is 19.1. The minimum Gasteiger partial charge on any atom is -0.390 e. The highest BCUT2D eigenvalue weighted by Crippen LogP contribution is 2.36. The normalized spacial score (nSPS) is 16.4. The van der Waals surface area contributed by atoms with Crippen LogP contribution in [0.3, 0.4) is 0 Å². The van der Waals surface area contributed by atoms with Gasteiger partial charge in [-0.05, 0) is 49.1 Å². The Morgan fingerprint density at radius 3 is 2.30 bits per heavy atom. The second-order valence-corrected chi connectivity index (χ2v) is 7.64. The van der Waals surface area contributed by atoms with E-state index < -0.39 is 29.3 Å². The standard InChI is InChI=1S/C22H25F2N3O3/c1-14(28)26-19(11-15-9-16(23)12-17(24)10-15)20(29)13-25-22(7-8-22)21(30)27-18-5-3-2-4-6-18/h2-6,9-10,12,19-20,25,29H,7-8,11,13H2,1H3,(H,26,28)(H,27,30). The van der Waals surface area contributed by atoms with Gasteiger partial charge in [0.25, 0.3) is 0 Å². The number of β-amino-alcohol motifs (C(OH)–C–C–N with tert-alkyl or cyclic N) is 1. The van der Waals surface area contributed by atoms with Crippen LogP contribution >= 0.6 is 0 Å². The summed E-state index contributed by atoms with van der Waals surface area (Å²) in [7, 11) is 0. The molecule has 6 nitrogen and oxygen atoms in total. The van der Waals surface area contributed by atoms with Gasteiger partial charge in [0.1, 0.15) is 11.6 Å². The Hall–Kier alpha value is -2.84. The smallest absolute Gasteiger partial charge is 0.244 e. The quantitative estimate of drug-likeness (QED) is 0.503. The van der Waals surface area contributed by atoms with E-state index in [2.05, 4.69) is 16.0 Å². The Morgan fingerprint density at radius 2 is 1.73 bits per heavy atom. The van der Waals surface area contributed by atoms with E-state index in [1.54, 1.807) is 12.1 Å². The third-order valence-electron chi connectivity index (χ3n) is 5.10. The maximum absolute atomic E-state index is 13.5. The molecule has 30 heavy (non-hydrogen) atoms. The van der Waals surface area contributed by atoms with Gasteiger partial charge in [0.05, 0.1) is 17.7 Å². The van der Waals surface area contributed by atoms with E-state index in [0.29, 0.717) is 24.1 Å². The van der Waals surface area contributed by atoms with Crippen molar-refractivity contribution in [2.75, 3.05) is 11.9 Å². The largest absolute Gasteiger partial charge is 0.390 e. The van der Waals surface area contributed by atoms with Gasteiger partial charge in [-0.15, -0.1) is 0 Å². The summed E-state index contributed by atoms with van der Waals surface area (Å²) in [5.74, 6) is -2.02. The monoisotopic (exact) mass is 417 g/mol. The predicted octanol–water partition coefficient (Wildman–Crippen LogP) is 2.13. The minimum atomic E-state index is -1.07. The van der Waals surface area contributed by atoms with Crippen molar-refractivity contribution in [1.29, 1.82) is 0 Å². The molecule has 0 saturated heterocycles. The first-order valence-corrected chi connectivity index (χ1v) is 9.79. The molecule has 2 unspecified atom stereocenters. The van der Waals surface area contributed by atoms with Crippen LogP contribution in [0.15, 0.2) is 48.5 Å². The zero-order valence-electron chi connectivity index (χ0n) is 16.6. The number of amides is 2. The minimum absolute atomic E-state index is 0.0327. The summed E-state index contributed by atoms with van der Waals surface area (Å²) in [6.45, 7) is 1.33. The molecule has 2 amide bonds. The third-order valence-corrected chi connectivity index (χ3v) is 5.10. The van der Waals surface area contributed by atoms with E-state index in [0.717, 1.165) is 18.2 Å². The summed E-state index contributed by atoms with van der Waals surface area (Å²) in [5.41, 5.74) is 0.219. The molecular formula is C22H25F2N3O3. The van der Waals surface area contributed by atoms with Crippen molar-refractivity contribution in [2.24, 2.45) is 0 Å². The Bertz CT molecular complexity index is 884. The number of carbonyl (C=O) groups is 2. The fourth-order valence-electron chi connectivity index (χ4n) is 3.35. The maximum atomic E-state index is 13.5. The second kappa shape index (κ2) is 9.32. The van der Waals surface area contributed by atoms with Gasteiger partial charge in [0.15, 0.2) is 0 Å². The van der Waals surface area contributed by atoms with Gasteiger partial charge in [-0.2, -0.15) is 0 Å². The van der Waals surface area contributed by atoms with Gasteiger partial charge in [0.2, 0.25) is 11.8 Å². The van der Waals surface area contributed by atoms with Crippen LogP contribution in [-0.4, -0.2) is 41.2 Å². The maximum Gasteiger partial charge on any atom is 0.244 e. The lowest BCUT2D eigenvalue weighted by Crippen LogP contribution is -2.52. The summed E-state index contributed by atoms with van der Waals surface area (Å²) < 4.78 is 27.0. The molecule has 3 rings (SSSR count). The van der Waals surface area contributed by atoms with Crippen LogP contribution in [0.1, 0.15) is 25.3 Å². The van der Waals surface area contributed by atoms with Crippen LogP contribution < -0.4 is 16.0 Å². The summed E-state index contributed by atoms with van der Waals surface area (Å²) in [4.78, 5) is 24.2. The lowest BCUT2D eigenvalue weighted by atomic mass is 10.00. The van der Waals surface area contributed by atoms with Crippen LogP contribution in [0, 0.1) is 11.6 Å². The molecule has 0 aliphatic heterocycles. The van der Waals surface area contributed by atoms with Crippen LogP contribution in [0.2, 0.25) is 0 Å². The fraction of sp³-hybridized carbons (Fsp3) is 0.364. The average Bonchev–Trinajstić information content (AvgIpc) is 3.46. The van der Waals surface area contributed by atoms with Gasteiger partial charge in [-0.1, -0.05) is 18.2 Å². The molecule has 2 aromatic carbocycles. The topological polar surface area (TPSA) is 90.5 Å². The highest BCUT2D eigenvalue weighted by Gasteiger charge is 2.50. The number of para-hydroxylation sites is 1. The molecule has 0 heterocycles. The Morgan fingerprint density at radius 1 is 1.10 bits per heavy atom. The van der Waals surface area contributed by atoms with Crippen molar-refractivity contribution in [2.45, 2.75) is 43.9 Å². The molecule has 0 aromatic heterocycles. The van der Waals surface area contributed by atoms with E-state index in [1.165, 1.54) is 6.92 Å². The molecule has 0 radical (unpaired) electrons. The first kappa shape index (κ1) is 21.9. The molecule has 1 fully saturated rings. The Labute approximate surface area is 173 Å². The molecule has 0 spiro atoms. The van der Waals surface area contributed by atoms with E-state index in [-0.39, 0.29) is 24.8 Å². The molecular weight excluding hydrogens is 392 g/mol. The van der Waals surface area contributed by atoms with E-state index in [4.69, 9.17) is 0 Å². The summed E-state index contributed by atoms with van der Waals surface area (Å²) in [6, 6.07) is 11.4. The highest BCUT2D eigenvalue weighted by molar-refractivity contribution is 6.00. The number of halogens is 2. The molecule has 2 atom stereocenters. The SMILES string of the molecule is CC(=O)NC(Cc1cc(F)cc(F)c1)C(O)CNC1(C(=O)Nc2ccccc2)CC1. The molecule has 1 aliphatic carbocycles. The number of rotatable bonds is 9. The van der Waals surface area contributed by atoms with E-state index in [9.17, 15) is 23.5 Å². The Balaban J connectivity index is 1.61. The van der Waals surface area contributed by atoms with Crippen molar-refractivity contribution < 1.29 is 23.5 Å². The molecule has 2 aromatic rings. The third kappa shape index (κ3) is 5.84. The van der Waals surface area contributed by atoms with Crippen molar-refractivity contribution in [3.05, 3.63) is 65.7 Å². The van der Waals surface area contributed by atoms with Crippen LogP contribution in [0.4, 0.5) is 14.5 Å². The number of aliphatic hydroxyl groups excluding tert-OH is 1. The van der Waals surface area contributed by atoms with Gasteiger partial charge >= 0.3 is 0 Å². The molecule has 0 bridgehead atoms. The molecule has 8 heteroatoms.